The number of amides is 1. The number of carboxylic acid groups (broad SMARTS) is 2. The van der Waals surface area contributed by atoms with E-state index in [4.69, 9.17) is 9.84 Å². The van der Waals surface area contributed by atoms with Crippen molar-refractivity contribution in [3.63, 3.8) is 0 Å². The Labute approximate surface area is 249 Å². The molecule has 0 saturated heterocycles. The summed E-state index contributed by atoms with van der Waals surface area (Å²) in [6.07, 6.45) is 0.509. The number of H-pyrrole nitrogens is 1. The van der Waals surface area contributed by atoms with E-state index in [0.29, 0.717) is 17.1 Å². The van der Waals surface area contributed by atoms with E-state index in [1.807, 2.05) is 0 Å². The number of aromatic nitrogens is 4. The van der Waals surface area contributed by atoms with Crippen LogP contribution in [0, 0.1) is 0 Å². The molecule has 1 amide bonds. The Kier molecular flexibility index (Phi) is 9.80. The Morgan fingerprint density at radius 2 is 1.73 bits per heavy atom. The molecule has 0 aliphatic heterocycles. The molecule has 0 unspecified atom stereocenters. The third-order valence-corrected chi connectivity index (χ3v) is 6.09. The highest BCUT2D eigenvalue weighted by molar-refractivity contribution is 5.97. The first-order valence-corrected chi connectivity index (χ1v) is 13.4. The number of para-hydroxylation sites is 1. The van der Waals surface area contributed by atoms with E-state index in [2.05, 4.69) is 35.9 Å². The van der Waals surface area contributed by atoms with Crippen molar-refractivity contribution >= 4 is 52.3 Å². The van der Waals surface area contributed by atoms with Gasteiger partial charge in [0.05, 0.1) is 35.8 Å². The maximum Gasteiger partial charge on any atom is 0.340 e. The number of carboxylic acids is 2. The van der Waals surface area contributed by atoms with E-state index in [1.54, 1.807) is 50.2 Å². The molecule has 1 atom stereocenters. The normalized spacial score (nSPS) is 11.5. The number of ether oxygens (including phenoxy) is 1. The number of rotatable bonds is 13. The molecule has 0 radical (unpaired) electrons. The fourth-order valence-electron chi connectivity index (χ4n) is 3.98. The number of anilines is 3. The van der Waals surface area contributed by atoms with Crippen molar-refractivity contribution in [2.45, 2.75) is 45.4 Å². The summed E-state index contributed by atoms with van der Waals surface area (Å²) in [6.45, 7) is 3.66. The Morgan fingerprint density at radius 1 is 1.00 bits per heavy atom. The molecule has 0 aliphatic carbocycles. The summed E-state index contributed by atoms with van der Waals surface area (Å²) in [7, 11) is 0. The van der Waals surface area contributed by atoms with Crippen LogP contribution in [0.4, 0.5) is 17.3 Å². The maximum atomic E-state index is 12.8. The largest absolute Gasteiger partial charge is 0.481 e. The number of nitrogens with zero attached hydrogens (tertiary/aromatic N) is 3. The Balaban J connectivity index is 1.41. The molecule has 0 saturated carbocycles. The molecule has 0 spiro atoms. The Bertz CT molecular complexity index is 1760. The van der Waals surface area contributed by atoms with E-state index in [1.165, 1.54) is 18.3 Å². The zero-order valence-corrected chi connectivity index (χ0v) is 23.7. The minimum atomic E-state index is -1.34. The fourth-order valence-corrected chi connectivity index (χ4v) is 3.98. The lowest BCUT2D eigenvalue weighted by Gasteiger charge is -2.14. The lowest BCUT2D eigenvalue weighted by molar-refractivity contribution is -0.140. The SMILES string of the molecule is CC(C)OC(=O)c1ccccc1Nc1nc(=O)c2nc(CNc3ccc(C(=O)N[C@@H](CCC(=O)O)C(=O)O)cc3)cnc2[nH]1. The fraction of sp³-hybridized carbons (Fsp3) is 0.241. The first kappa shape index (κ1) is 31.1. The first-order valence-electron chi connectivity index (χ1n) is 13.4. The van der Waals surface area contributed by atoms with Gasteiger partial charge in [-0.15, -0.1) is 0 Å². The molecular formula is C29H29N7O8. The van der Waals surface area contributed by atoms with Gasteiger partial charge in [-0.25, -0.2) is 19.6 Å². The smallest absolute Gasteiger partial charge is 0.340 e. The van der Waals surface area contributed by atoms with E-state index in [0.717, 1.165) is 0 Å². The van der Waals surface area contributed by atoms with Crippen molar-refractivity contribution in [3.8, 4) is 0 Å². The number of aliphatic carboxylic acids is 2. The Hall–Kier alpha value is -5.86. The van der Waals surface area contributed by atoms with Gasteiger partial charge in [0.25, 0.3) is 5.91 Å². The lowest BCUT2D eigenvalue weighted by atomic mass is 10.1. The summed E-state index contributed by atoms with van der Waals surface area (Å²) >= 11 is 0. The summed E-state index contributed by atoms with van der Waals surface area (Å²) in [5.41, 5.74) is 1.41. The van der Waals surface area contributed by atoms with Crippen molar-refractivity contribution in [2.75, 3.05) is 10.6 Å². The molecule has 4 rings (SSSR count). The van der Waals surface area contributed by atoms with Crippen molar-refractivity contribution < 1.29 is 34.1 Å². The quantitative estimate of drug-likeness (QED) is 0.121. The molecule has 15 nitrogen and oxygen atoms in total. The molecule has 6 N–H and O–H groups in total. The number of hydrogen-bond acceptors (Lipinski definition) is 11. The minimum absolute atomic E-state index is 0.00487. The molecule has 44 heavy (non-hydrogen) atoms. The van der Waals surface area contributed by atoms with Crippen LogP contribution in [0.2, 0.25) is 0 Å². The number of aromatic amines is 1. The van der Waals surface area contributed by atoms with Crippen LogP contribution in [-0.2, 0) is 20.9 Å². The van der Waals surface area contributed by atoms with Gasteiger partial charge in [0.1, 0.15) is 6.04 Å². The molecule has 2 heterocycles. The summed E-state index contributed by atoms with van der Waals surface area (Å²) in [5, 5.41) is 26.4. The molecule has 2 aromatic carbocycles. The van der Waals surface area contributed by atoms with Gasteiger partial charge < -0.3 is 35.9 Å². The zero-order chi connectivity index (χ0) is 31.8. The summed E-state index contributed by atoms with van der Waals surface area (Å²) in [6, 6.07) is 11.5. The number of fused-ring (bicyclic) bond motifs is 1. The van der Waals surface area contributed by atoms with Crippen molar-refractivity contribution in [1.29, 1.82) is 0 Å². The summed E-state index contributed by atoms with van der Waals surface area (Å²) < 4.78 is 5.28. The van der Waals surface area contributed by atoms with E-state index in [-0.39, 0.29) is 47.3 Å². The third-order valence-electron chi connectivity index (χ3n) is 6.09. The molecule has 228 valence electrons. The average Bonchev–Trinajstić information content (AvgIpc) is 2.98. The predicted octanol–water partition coefficient (Wildman–Crippen LogP) is 2.68. The minimum Gasteiger partial charge on any atom is -0.481 e. The van der Waals surface area contributed by atoms with Crippen LogP contribution in [0.3, 0.4) is 0 Å². The standard InChI is InChI=1S/C29H29N7O8/c1-15(2)44-28(43)19-5-3-4-6-20(19)34-29-35-24-23(26(40)36-29)32-18(14-31-24)13-30-17-9-7-16(8-10-17)25(39)33-21(27(41)42)11-12-22(37)38/h3-10,14-15,21,30H,11-13H2,1-2H3,(H,33,39)(H,37,38)(H,41,42)(H2,31,34,35,36,40)/t21-/m0/s1. The van der Waals surface area contributed by atoms with Crippen LogP contribution in [-0.4, -0.2) is 66.1 Å². The van der Waals surface area contributed by atoms with Crippen molar-refractivity contribution in [2.24, 2.45) is 0 Å². The van der Waals surface area contributed by atoms with Gasteiger partial charge in [0, 0.05) is 17.7 Å². The van der Waals surface area contributed by atoms with Gasteiger partial charge in [0.2, 0.25) is 5.95 Å². The maximum absolute atomic E-state index is 12.8. The second kappa shape index (κ2) is 13.9. The highest BCUT2D eigenvalue weighted by Crippen LogP contribution is 2.20. The van der Waals surface area contributed by atoms with Gasteiger partial charge in [-0.3, -0.25) is 14.4 Å². The summed E-state index contributed by atoms with van der Waals surface area (Å²) in [5.74, 6) is -3.61. The number of esters is 1. The number of hydrogen-bond donors (Lipinski definition) is 6. The monoisotopic (exact) mass is 603 g/mol. The predicted molar refractivity (Wildman–Crippen MR) is 158 cm³/mol. The molecule has 2 aromatic heterocycles. The zero-order valence-electron chi connectivity index (χ0n) is 23.7. The molecule has 15 heteroatoms. The van der Waals surface area contributed by atoms with Gasteiger partial charge >= 0.3 is 23.5 Å². The number of carbonyl (C=O) groups excluding carboxylic acids is 2. The van der Waals surface area contributed by atoms with Crippen molar-refractivity contribution in [3.05, 3.63) is 81.9 Å². The number of nitrogens with one attached hydrogen (secondary N) is 4. The van der Waals surface area contributed by atoms with Gasteiger partial charge in [-0.05, 0) is 56.7 Å². The van der Waals surface area contributed by atoms with Crippen LogP contribution < -0.4 is 21.5 Å². The lowest BCUT2D eigenvalue weighted by Crippen LogP contribution is -2.41. The second-order valence-electron chi connectivity index (χ2n) is 9.80. The van der Waals surface area contributed by atoms with Crippen LogP contribution in [0.15, 0.2) is 59.5 Å². The van der Waals surface area contributed by atoms with Gasteiger partial charge in [0.15, 0.2) is 11.2 Å². The van der Waals surface area contributed by atoms with Crippen molar-refractivity contribution in [1.82, 2.24) is 25.3 Å². The number of carbonyl (C=O) groups is 4. The van der Waals surface area contributed by atoms with E-state index < -0.39 is 41.8 Å². The van der Waals surface area contributed by atoms with Crippen LogP contribution >= 0.6 is 0 Å². The highest BCUT2D eigenvalue weighted by Gasteiger charge is 2.21. The first-order chi connectivity index (χ1) is 21.0. The average molecular weight is 604 g/mol. The van der Waals surface area contributed by atoms with Gasteiger partial charge in [-0.1, -0.05) is 12.1 Å². The molecular weight excluding hydrogens is 574 g/mol. The van der Waals surface area contributed by atoms with E-state index in [9.17, 15) is 29.1 Å². The van der Waals surface area contributed by atoms with Crippen LogP contribution in [0.25, 0.3) is 11.2 Å². The number of benzene rings is 2. The van der Waals surface area contributed by atoms with Crippen LogP contribution in [0.5, 0.6) is 0 Å². The topological polar surface area (TPSA) is 226 Å². The molecule has 4 aromatic rings. The van der Waals surface area contributed by atoms with Crippen LogP contribution in [0.1, 0.15) is 53.1 Å². The molecule has 0 aliphatic rings. The molecule has 0 bridgehead atoms. The molecule has 0 fully saturated rings. The Morgan fingerprint density at radius 3 is 2.41 bits per heavy atom. The van der Waals surface area contributed by atoms with Gasteiger partial charge in [-0.2, -0.15) is 4.98 Å². The second-order valence-corrected chi connectivity index (χ2v) is 9.80. The third kappa shape index (κ3) is 8.12. The summed E-state index contributed by atoms with van der Waals surface area (Å²) in [4.78, 5) is 75.3. The van der Waals surface area contributed by atoms with E-state index >= 15 is 0 Å². The highest BCUT2D eigenvalue weighted by atomic mass is 16.5.